The summed E-state index contributed by atoms with van der Waals surface area (Å²) in [5.41, 5.74) is -1.45. The molecule has 4 nitrogen and oxygen atoms in total. The number of hydrogen-bond acceptors (Lipinski definition) is 2. The first-order valence-electron chi connectivity index (χ1n) is 7.59. The van der Waals surface area contributed by atoms with E-state index in [9.17, 15) is 22.4 Å². The van der Waals surface area contributed by atoms with Gasteiger partial charge in [-0.3, -0.25) is 0 Å². The third kappa shape index (κ3) is 3.98. The van der Waals surface area contributed by atoms with Crippen LogP contribution in [0, 0.1) is 5.82 Å². The number of amides is 2. The Hall–Kier alpha value is -1.83. The van der Waals surface area contributed by atoms with Crippen molar-refractivity contribution in [2.24, 2.45) is 0 Å². The van der Waals surface area contributed by atoms with Gasteiger partial charge in [0, 0.05) is 19.0 Å². The van der Waals surface area contributed by atoms with Gasteiger partial charge in [0.1, 0.15) is 5.82 Å². The number of rotatable bonds is 5. The van der Waals surface area contributed by atoms with Crippen molar-refractivity contribution < 1.29 is 27.5 Å². The fourth-order valence-corrected chi connectivity index (χ4v) is 2.47. The zero-order valence-corrected chi connectivity index (χ0v) is 13.5. The minimum absolute atomic E-state index is 0.120. The maximum atomic E-state index is 13.6. The number of hydrogen-bond donors (Lipinski definition) is 2. The van der Waals surface area contributed by atoms with E-state index in [0.717, 1.165) is 12.1 Å². The second-order valence-corrected chi connectivity index (χ2v) is 6.31. The molecule has 134 valence electrons. The summed E-state index contributed by atoms with van der Waals surface area (Å²) in [5.74, 6) is -0.941. The average molecular weight is 348 g/mol. The molecule has 2 amide bonds. The summed E-state index contributed by atoms with van der Waals surface area (Å²) >= 11 is 0. The van der Waals surface area contributed by atoms with Gasteiger partial charge in [-0.25, -0.2) is 9.18 Å². The van der Waals surface area contributed by atoms with Crippen molar-refractivity contribution in [3.05, 3.63) is 35.1 Å². The molecule has 1 fully saturated rings. The highest BCUT2D eigenvalue weighted by atomic mass is 19.4. The Bertz CT molecular complexity index is 615. The van der Waals surface area contributed by atoms with E-state index in [-0.39, 0.29) is 24.8 Å². The van der Waals surface area contributed by atoms with E-state index in [1.54, 1.807) is 6.92 Å². The number of alkyl halides is 3. The van der Waals surface area contributed by atoms with E-state index in [0.29, 0.717) is 18.9 Å². The third-order valence-electron chi connectivity index (χ3n) is 4.51. The summed E-state index contributed by atoms with van der Waals surface area (Å²) in [5, 5.41) is 11.7. The lowest BCUT2D eigenvalue weighted by Gasteiger charge is -2.25. The molecule has 8 heteroatoms. The van der Waals surface area contributed by atoms with E-state index in [4.69, 9.17) is 5.11 Å². The zero-order chi connectivity index (χ0) is 18.1. The maximum absolute atomic E-state index is 13.6. The van der Waals surface area contributed by atoms with Crippen LogP contribution in [0.5, 0.6) is 0 Å². The van der Waals surface area contributed by atoms with E-state index < -0.39 is 29.0 Å². The van der Waals surface area contributed by atoms with Crippen molar-refractivity contribution in [2.45, 2.75) is 37.4 Å². The lowest BCUT2D eigenvalue weighted by molar-refractivity contribution is -0.137. The highest BCUT2D eigenvalue weighted by molar-refractivity contribution is 5.74. The van der Waals surface area contributed by atoms with Crippen LogP contribution in [0.1, 0.15) is 30.9 Å². The number of aliphatic hydroxyl groups is 1. The fraction of sp³-hybridized carbons (Fsp3) is 0.562. The Morgan fingerprint density at radius 2 is 2.00 bits per heavy atom. The summed E-state index contributed by atoms with van der Waals surface area (Å²) in [6.07, 6.45) is -3.46. The quantitative estimate of drug-likeness (QED) is 0.804. The normalized spacial score (nSPS) is 17.3. The van der Waals surface area contributed by atoms with Gasteiger partial charge in [-0.15, -0.1) is 0 Å². The van der Waals surface area contributed by atoms with Crippen LogP contribution in [0.3, 0.4) is 0 Å². The number of aliphatic hydroxyl groups excluding tert-OH is 1. The second-order valence-electron chi connectivity index (χ2n) is 6.31. The van der Waals surface area contributed by atoms with Gasteiger partial charge in [0.25, 0.3) is 0 Å². The molecule has 0 bridgehead atoms. The van der Waals surface area contributed by atoms with E-state index in [1.165, 1.54) is 11.9 Å². The van der Waals surface area contributed by atoms with Gasteiger partial charge < -0.3 is 15.3 Å². The predicted molar refractivity (Wildman–Crippen MR) is 80.0 cm³/mol. The van der Waals surface area contributed by atoms with Crippen molar-refractivity contribution in [3.8, 4) is 0 Å². The molecular formula is C16H20F4N2O2. The van der Waals surface area contributed by atoms with Crippen LogP contribution in [0.15, 0.2) is 18.2 Å². The summed E-state index contributed by atoms with van der Waals surface area (Å²) < 4.78 is 52.1. The third-order valence-corrected chi connectivity index (χ3v) is 4.51. The lowest BCUT2D eigenvalue weighted by atomic mass is 9.94. The summed E-state index contributed by atoms with van der Waals surface area (Å²) in [7, 11) is 1.51. The number of urea groups is 1. The van der Waals surface area contributed by atoms with Gasteiger partial charge in [-0.05, 0) is 43.5 Å². The molecule has 2 N–H and O–H groups in total. The predicted octanol–water partition coefficient (Wildman–Crippen LogP) is 2.90. The molecule has 24 heavy (non-hydrogen) atoms. The minimum atomic E-state index is -4.62. The zero-order valence-electron chi connectivity index (χ0n) is 13.5. The fourth-order valence-electron chi connectivity index (χ4n) is 2.47. The highest BCUT2D eigenvalue weighted by Crippen LogP contribution is 2.48. The van der Waals surface area contributed by atoms with Crippen LogP contribution in [-0.4, -0.2) is 42.3 Å². The van der Waals surface area contributed by atoms with Crippen molar-refractivity contribution in [3.63, 3.8) is 0 Å². The Morgan fingerprint density at radius 3 is 2.50 bits per heavy atom. The van der Waals surface area contributed by atoms with Gasteiger partial charge in [0.15, 0.2) is 0 Å². The van der Waals surface area contributed by atoms with E-state index in [2.05, 4.69) is 5.32 Å². The van der Waals surface area contributed by atoms with Crippen LogP contribution in [-0.2, 0) is 11.6 Å². The molecule has 0 radical (unpaired) electrons. The molecule has 0 heterocycles. The second kappa shape index (κ2) is 6.58. The van der Waals surface area contributed by atoms with Crippen molar-refractivity contribution >= 4 is 6.03 Å². The summed E-state index contributed by atoms with van der Waals surface area (Å²) in [6.45, 7) is 1.58. The van der Waals surface area contributed by atoms with Gasteiger partial charge in [-0.1, -0.05) is 0 Å². The first-order valence-corrected chi connectivity index (χ1v) is 7.59. The summed E-state index contributed by atoms with van der Waals surface area (Å²) in [4.78, 5) is 13.3. The number of nitrogens with zero attached hydrogens (tertiary/aromatic N) is 1. The van der Waals surface area contributed by atoms with Crippen LogP contribution in [0.4, 0.5) is 22.4 Å². The first kappa shape index (κ1) is 18.5. The SMILES string of the molecule is C[C@@H](CO)N(C)C(=O)NCC1(c2cc(F)cc(C(F)(F)F)c2)CC1. The summed E-state index contributed by atoms with van der Waals surface area (Å²) in [6, 6.07) is 1.69. The lowest BCUT2D eigenvalue weighted by Crippen LogP contribution is -2.46. The van der Waals surface area contributed by atoms with E-state index >= 15 is 0 Å². The Balaban J connectivity index is 2.12. The molecule has 0 saturated heterocycles. The molecule has 1 aliphatic rings. The van der Waals surface area contributed by atoms with Gasteiger partial charge in [0.05, 0.1) is 18.2 Å². The number of halogens is 4. The Kier molecular flexibility index (Phi) is 5.08. The first-order chi connectivity index (χ1) is 11.1. The number of carbonyl (C=O) groups is 1. The monoisotopic (exact) mass is 348 g/mol. The molecule has 0 unspecified atom stereocenters. The van der Waals surface area contributed by atoms with Crippen molar-refractivity contribution in [2.75, 3.05) is 20.2 Å². The highest BCUT2D eigenvalue weighted by Gasteiger charge is 2.46. The van der Waals surface area contributed by atoms with Gasteiger partial charge in [-0.2, -0.15) is 13.2 Å². The number of benzene rings is 1. The molecule has 1 aromatic rings. The van der Waals surface area contributed by atoms with Crippen LogP contribution in [0.25, 0.3) is 0 Å². The molecule has 1 saturated carbocycles. The minimum Gasteiger partial charge on any atom is -0.394 e. The smallest absolute Gasteiger partial charge is 0.394 e. The van der Waals surface area contributed by atoms with Crippen molar-refractivity contribution in [1.82, 2.24) is 10.2 Å². The maximum Gasteiger partial charge on any atom is 0.416 e. The van der Waals surface area contributed by atoms with Gasteiger partial charge >= 0.3 is 12.2 Å². The largest absolute Gasteiger partial charge is 0.416 e. The molecular weight excluding hydrogens is 328 g/mol. The molecule has 1 aliphatic carbocycles. The molecule has 0 aliphatic heterocycles. The topological polar surface area (TPSA) is 52.6 Å². The molecule has 1 aromatic carbocycles. The van der Waals surface area contributed by atoms with Crippen LogP contribution >= 0.6 is 0 Å². The van der Waals surface area contributed by atoms with Crippen molar-refractivity contribution in [1.29, 1.82) is 0 Å². The van der Waals surface area contributed by atoms with Crippen LogP contribution in [0.2, 0.25) is 0 Å². The standard InChI is InChI=1S/C16H20F4N2O2/c1-10(8-23)22(2)14(24)21-9-15(3-4-15)11-5-12(16(18,19)20)7-13(17)6-11/h5-7,10,23H,3-4,8-9H2,1-2H3,(H,21,24)/t10-/m0/s1. The number of likely N-dealkylation sites (N-methyl/N-ethyl adjacent to an activating group) is 1. The number of carbonyl (C=O) groups excluding carboxylic acids is 1. The molecule has 2 rings (SSSR count). The molecule has 0 aromatic heterocycles. The Labute approximate surface area is 137 Å². The molecule has 0 spiro atoms. The Morgan fingerprint density at radius 1 is 1.38 bits per heavy atom. The number of nitrogens with one attached hydrogen (secondary N) is 1. The van der Waals surface area contributed by atoms with Gasteiger partial charge in [0.2, 0.25) is 0 Å². The van der Waals surface area contributed by atoms with E-state index in [1.807, 2.05) is 0 Å². The molecule has 1 atom stereocenters. The average Bonchev–Trinajstić information content (AvgIpc) is 3.31. The van der Waals surface area contributed by atoms with Crippen LogP contribution < -0.4 is 5.32 Å².